The Balaban J connectivity index is 1.06. The van der Waals surface area contributed by atoms with Gasteiger partial charge in [0.05, 0.1) is 0 Å². The monoisotopic (exact) mass is 663 g/mol. The molecule has 0 radical (unpaired) electrons. The molecule has 2 heteroatoms. The molecule has 10 rings (SSSR count). The van der Waals surface area contributed by atoms with Gasteiger partial charge in [-0.3, -0.25) is 0 Å². The molecule has 52 heavy (non-hydrogen) atoms. The first-order valence-electron chi connectivity index (χ1n) is 17.8. The van der Waals surface area contributed by atoms with Crippen molar-refractivity contribution in [1.29, 1.82) is 0 Å². The third-order valence-electron chi connectivity index (χ3n) is 10.3. The first-order valence-corrected chi connectivity index (χ1v) is 17.8. The van der Waals surface area contributed by atoms with Crippen molar-refractivity contribution < 1.29 is 4.42 Å². The van der Waals surface area contributed by atoms with Crippen molar-refractivity contribution in [2.75, 3.05) is 4.90 Å². The number of hydrogen-bond acceptors (Lipinski definition) is 2. The fraction of sp³-hybridized carbons (Fsp3) is 0. The number of nitrogens with zero attached hydrogens (tertiary/aromatic N) is 1. The zero-order valence-corrected chi connectivity index (χ0v) is 28.4. The highest BCUT2D eigenvalue weighted by molar-refractivity contribution is 6.19. The zero-order chi connectivity index (χ0) is 34.4. The summed E-state index contributed by atoms with van der Waals surface area (Å²) >= 11 is 0. The van der Waals surface area contributed by atoms with Gasteiger partial charge < -0.3 is 9.32 Å². The largest absolute Gasteiger partial charge is 0.456 e. The number of anilines is 3. The van der Waals surface area contributed by atoms with E-state index in [-0.39, 0.29) is 0 Å². The van der Waals surface area contributed by atoms with Gasteiger partial charge in [-0.15, -0.1) is 0 Å². The first-order chi connectivity index (χ1) is 25.8. The fourth-order valence-corrected chi connectivity index (χ4v) is 7.71. The van der Waals surface area contributed by atoms with Gasteiger partial charge >= 0.3 is 0 Å². The van der Waals surface area contributed by atoms with Crippen LogP contribution in [0, 0.1) is 0 Å². The van der Waals surface area contributed by atoms with E-state index in [1.807, 2.05) is 12.1 Å². The molecule has 0 aliphatic heterocycles. The van der Waals surface area contributed by atoms with Crippen LogP contribution < -0.4 is 4.90 Å². The molecule has 1 aromatic heterocycles. The smallest absolute Gasteiger partial charge is 0.136 e. The van der Waals surface area contributed by atoms with Gasteiger partial charge in [0.25, 0.3) is 0 Å². The van der Waals surface area contributed by atoms with E-state index < -0.39 is 0 Å². The normalized spacial score (nSPS) is 11.5. The fourth-order valence-electron chi connectivity index (χ4n) is 7.71. The molecule has 1 heterocycles. The second-order valence-corrected chi connectivity index (χ2v) is 13.3. The highest BCUT2D eigenvalue weighted by atomic mass is 16.3. The Hall–Kier alpha value is -6.90. The maximum Gasteiger partial charge on any atom is 0.136 e. The first kappa shape index (κ1) is 30.0. The third kappa shape index (κ3) is 5.21. The van der Waals surface area contributed by atoms with E-state index in [4.69, 9.17) is 4.42 Å². The number of hydrogen-bond donors (Lipinski definition) is 0. The molecule has 10 aromatic rings. The van der Waals surface area contributed by atoms with Crippen LogP contribution in [0.4, 0.5) is 17.1 Å². The van der Waals surface area contributed by atoms with E-state index in [2.05, 4.69) is 193 Å². The maximum atomic E-state index is 6.16. The molecule has 0 fully saturated rings. The molecule has 2 nitrogen and oxygen atoms in total. The zero-order valence-electron chi connectivity index (χ0n) is 28.4. The number of para-hydroxylation sites is 1. The van der Waals surface area contributed by atoms with Crippen molar-refractivity contribution in [3.63, 3.8) is 0 Å². The van der Waals surface area contributed by atoms with E-state index in [1.54, 1.807) is 0 Å². The van der Waals surface area contributed by atoms with Crippen LogP contribution in [-0.4, -0.2) is 0 Å². The second kappa shape index (κ2) is 12.5. The Morgan fingerprint density at radius 1 is 0.308 bits per heavy atom. The van der Waals surface area contributed by atoms with Gasteiger partial charge in [0.1, 0.15) is 11.2 Å². The average Bonchev–Trinajstić information content (AvgIpc) is 3.61. The Kier molecular flexibility index (Phi) is 7.18. The summed E-state index contributed by atoms with van der Waals surface area (Å²) in [6.07, 6.45) is 0. The molecule has 0 aliphatic carbocycles. The Morgan fingerprint density at radius 3 is 1.73 bits per heavy atom. The standard InChI is InChI=1S/C50H33NO/c1-2-10-34(11-3-1)35-20-26-41(27-21-35)51(43-15-8-14-39(33-43)45-18-9-13-37-12-4-5-16-44(37)45)42-28-22-36(23-29-42)38-24-30-46-40(32-38)25-31-49-50(46)47-17-6-7-19-48(47)52-49/h1-33H. The summed E-state index contributed by atoms with van der Waals surface area (Å²) in [5, 5.41) is 7.23. The lowest BCUT2D eigenvalue weighted by molar-refractivity contribution is 0.669. The van der Waals surface area contributed by atoms with Crippen LogP contribution in [0.15, 0.2) is 205 Å². The third-order valence-corrected chi connectivity index (χ3v) is 10.3. The summed E-state index contributed by atoms with van der Waals surface area (Å²) in [5.74, 6) is 0. The van der Waals surface area contributed by atoms with E-state index >= 15 is 0 Å². The van der Waals surface area contributed by atoms with Crippen molar-refractivity contribution in [2.24, 2.45) is 0 Å². The Bertz CT molecular complexity index is 2880. The summed E-state index contributed by atoms with van der Waals surface area (Å²) in [6.45, 7) is 0. The van der Waals surface area contributed by atoms with Gasteiger partial charge in [-0.25, -0.2) is 0 Å². The number of benzene rings is 9. The molecule has 0 amide bonds. The maximum absolute atomic E-state index is 6.16. The quantitative estimate of drug-likeness (QED) is 0.176. The molecule has 0 N–H and O–H groups in total. The van der Waals surface area contributed by atoms with Crippen LogP contribution >= 0.6 is 0 Å². The van der Waals surface area contributed by atoms with Crippen molar-refractivity contribution >= 4 is 60.5 Å². The van der Waals surface area contributed by atoms with Crippen LogP contribution in [-0.2, 0) is 0 Å². The van der Waals surface area contributed by atoms with Crippen LogP contribution in [0.1, 0.15) is 0 Å². The molecular weight excluding hydrogens is 631 g/mol. The minimum atomic E-state index is 0.923. The predicted octanol–water partition coefficient (Wildman–Crippen LogP) is 14.4. The lowest BCUT2D eigenvalue weighted by atomic mass is 9.97. The molecule has 0 saturated heterocycles. The number of fused-ring (bicyclic) bond motifs is 6. The van der Waals surface area contributed by atoms with Crippen molar-refractivity contribution in [2.45, 2.75) is 0 Å². The van der Waals surface area contributed by atoms with Crippen molar-refractivity contribution in [3.05, 3.63) is 200 Å². The van der Waals surface area contributed by atoms with Crippen LogP contribution in [0.3, 0.4) is 0 Å². The molecule has 9 aromatic carbocycles. The Labute approximate surface area is 302 Å². The van der Waals surface area contributed by atoms with Gasteiger partial charge in [0, 0.05) is 27.8 Å². The lowest BCUT2D eigenvalue weighted by Gasteiger charge is -2.26. The highest BCUT2D eigenvalue weighted by Crippen LogP contribution is 2.40. The van der Waals surface area contributed by atoms with Gasteiger partial charge in [-0.1, -0.05) is 146 Å². The molecule has 244 valence electrons. The predicted molar refractivity (Wildman–Crippen MR) is 220 cm³/mol. The van der Waals surface area contributed by atoms with E-state index in [1.165, 1.54) is 60.3 Å². The average molecular weight is 664 g/mol. The molecule has 0 aliphatic rings. The molecule has 0 bridgehead atoms. The van der Waals surface area contributed by atoms with E-state index in [0.717, 1.165) is 33.6 Å². The van der Waals surface area contributed by atoms with Gasteiger partial charge in [-0.05, 0) is 110 Å². The van der Waals surface area contributed by atoms with E-state index in [9.17, 15) is 0 Å². The van der Waals surface area contributed by atoms with Crippen LogP contribution in [0.2, 0.25) is 0 Å². The minimum absolute atomic E-state index is 0.923. The SMILES string of the molecule is c1ccc(-c2ccc(N(c3ccc(-c4ccc5c(ccc6oc7ccccc7c65)c4)cc3)c3cccc(-c4cccc5ccccc45)c3)cc2)cc1. The Morgan fingerprint density at radius 2 is 0.923 bits per heavy atom. The van der Waals surface area contributed by atoms with Crippen molar-refractivity contribution in [1.82, 2.24) is 0 Å². The summed E-state index contributed by atoms with van der Waals surface area (Å²) in [6, 6.07) is 71.8. The molecule has 0 saturated carbocycles. The summed E-state index contributed by atoms with van der Waals surface area (Å²) in [4.78, 5) is 2.36. The summed E-state index contributed by atoms with van der Waals surface area (Å²) in [7, 11) is 0. The molecule has 0 unspecified atom stereocenters. The van der Waals surface area contributed by atoms with Crippen molar-refractivity contribution in [3.8, 4) is 33.4 Å². The lowest BCUT2D eigenvalue weighted by Crippen LogP contribution is -2.10. The van der Waals surface area contributed by atoms with Gasteiger partial charge in [-0.2, -0.15) is 0 Å². The summed E-state index contributed by atoms with van der Waals surface area (Å²) < 4.78 is 6.16. The number of rotatable bonds is 6. The van der Waals surface area contributed by atoms with Crippen LogP contribution in [0.25, 0.3) is 76.9 Å². The van der Waals surface area contributed by atoms with Gasteiger partial charge in [0.2, 0.25) is 0 Å². The summed E-state index contributed by atoms with van der Waals surface area (Å²) in [5.41, 5.74) is 12.3. The minimum Gasteiger partial charge on any atom is -0.456 e. The molecular formula is C50H33NO. The van der Waals surface area contributed by atoms with E-state index in [0.29, 0.717) is 0 Å². The molecule has 0 atom stereocenters. The molecule has 0 spiro atoms. The van der Waals surface area contributed by atoms with Crippen LogP contribution in [0.5, 0.6) is 0 Å². The van der Waals surface area contributed by atoms with Gasteiger partial charge in [0.15, 0.2) is 0 Å². The number of furan rings is 1. The second-order valence-electron chi connectivity index (χ2n) is 13.3. The topological polar surface area (TPSA) is 16.4 Å². The highest BCUT2D eigenvalue weighted by Gasteiger charge is 2.16.